The second kappa shape index (κ2) is 10.2. The predicted octanol–water partition coefficient (Wildman–Crippen LogP) is 3.85. The van der Waals surface area contributed by atoms with Crippen LogP contribution in [0.1, 0.15) is 44.9 Å². The number of sulfonamides is 1. The summed E-state index contributed by atoms with van der Waals surface area (Å²) in [5.74, 6) is 1.00. The van der Waals surface area contributed by atoms with E-state index in [1.54, 1.807) is 0 Å². The van der Waals surface area contributed by atoms with Gasteiger partial charge in [-0.15, -0.1) is 0 Å². The molecule has 0 amide bonds. The maximum Gasteiger partial charge on any atom is 0.209 e. The van der Waals surface area contributed by atoms with Crippen molar-refractivity contribution >= 4 is 26.0 Å². The molecule has 2 N–H and O–H groups in total. The number of nitrogens with two attached hydrogens (primary N) is 1. The number of halogens is 1. The molecule has 4 nitrogen and oxygen atoms in total. The van der Waals surface area contributed by atoms with Gasteiger partial charge in [-0.05, 0) is 31.0 Å². The largest absolute Gasteiger partial charge is 0.494 e. The molecule has 0 aromatic heterocycles. The van der Waals surface area contributed by atoms with Crippen molar-refractivity contribution in [2.45, 2.75) is 44.9 Å². The monoisotopic (exact) mass is 377 g/mol. The average Bonchev–Trinajstić information content (AvgIpc) is 2.40. The summed E-state index contributed by atoms with van der Waals surface area (Å²) in [6, 6.07) is 7.85. The Hall–Kier alpha value is -0.590. The van der Waals surface area contributed by atoms with E-state index in [1.165, 1.54) is 0 Å². The van der Waals surface area contributed by atoms with Crippen molar-refractivity contribution in [3.8, 4) is 5.75 Å². The van der Waals surface area contributed by atoms with Crippen molar-refractivity contribution in [1.82, 2.24) is 0 Å². The summed E-state index contributed by atoms with van der Waals surface area (Å²) in [4.78, 5) is 0. The summed E-state index contributed by atoms with van der Waals surface area (Å²) in [5, 5.41) is 4.94. The van der Waals surface area contributed by atoms with Crippen molar-refractivity contribution in [2.24, 2.45) is 5.14 Å². The Bertz CT molecular complexity index is 505. The lowest BCUT2D eigenvalue weighted by Gasteiger charge is -2.06. The normalized spacial score (nSPS) is 11.5. The van der Waals surface area contributed by atoms with Crippen LogP contribution in [-0.4, -0.2) is 20.8 Å². The molecule has 0 aliphatic rings. The first-order chi connectivity index (χ1) is 9.97. The molecule has 0 bridgehead atoms. The van der Waals surface area contributed by atoms with Gasteiger partial charge in [0.1, 0.15) is 5.75 Å². The molecule has 6 heteroatoms. The molecule has 0 fully saturated rings. The lowest BCUT2D eigenvalue weighted by molar-refractivity contribution is 0.304. The van der Waals surface area contributed by atoms with Crippen molar-refractivity contribution < 1.29 is 13.2 Å². The van der Waals surface area contributed by atoms with Crippen molar-refractivity contribution in [3.63, 3.8) is 0 Å². The van der Waals surface area contributed by atoms with Crippen LogP contribution in [0, 0.1) is 0 Å². The summed E-state index contributed by atoms with van der Waals surface area (Å²) >= 11 is 3.41. The van der Waals surface area contributed by atoms with Crippen molar-refractivity contribution in [1.29, 1.82) is 0 Å². The molecule has 120 valence electrons. The minimum atomic E-state index is -3.28. The SMILES string of the molecule is NS(=O)(=O)CCCCCCCCCOc1cccc(Br)c1. The molecule has 1 aromatic carbocycles. The third kappa shape index (κ3) is 10.7. The van der Waals surface area contributed by atoms with Crippen LogP contribution in [0.4, 0.5) is 0 Å². The fourth-order valence-corrected chi connectivity index (χ4v) is 3.02. The molecule has 0 aliphatic carbocycles. The summed E-state index contributed by atoms with van der Waals surface area (Å²) in [7, 11) is -3.28. The highest BCUT2D eigenvalue weighted by atomic mass is 79.9. The summed E-state index contributed by atoms with van der Waals surface area (Å²) in [6.45, 7) is 0.738. The third-order valence-corrected chi connectivity index (χ3v) is 4.49. The van der Waals surface area contributed by atoms with E-state index in [0.29, 0.717) is 6.42 Å². The Labute approximate surface area is 136 Å². The van der Waals surface area contributed by atoms with Gasteiger partial charge in [-0.2, -0.15) is 0 Å². The van der Waals surface area contributed by atoms with Gasteiger partial charge in [-0.1, -0.05) is 54.1 Å². The lowest BCUT2D eigenvalue weighted by atomic mass is 10.1. The zero-order chi connectivity index (χ0) is 15.6. The molecule has 0 saturated heterocycles. The Morgan fingerprint density at radius 2 is 1.62 bits per heavy atom. The molecule has 0 aliphatic heterocycles. The van der Waals surface area contributed by atoms with E-state index in [0.717, 1.165) is 55.4 Å². The smallest absolute Gasteiger partial charge is 0.209 e. The average molecular weight is 378 g/mol. The standard InChI is InChI=1S/C15H24BrNO3S/c16-14-9-8-10-15(13-14)20-11-6-4-2-1-3-5-7-12-21(17,18)19/h8-10,13H,1-7,11-12H2,(H2,17,18,19). The predicted molar refractivity (Wildman–Crippen MR) is 89.9 cm³/mol. The van der Waals surface area contributed by atoms with Gasteiger partial charge >= 0.3 is 0 Å². The highest BCUT2D eigenvalue weighted by Gasteiger charge is 2.01. The summed E-state index contributed by atoms with van der Waals surface area (Å²) in [5.41, 5.74) is 0. The number of rotatable bonds is 11. The first-order valence-electron chi connectivity index (χ1n) is 7.36. The van der Waals surface area contributed by atoms with Crippen LogP contribution < -0.4 is 9.88 Å². The Kier molecular flexibility index (Phi) is 8.96. The minimum Gasteiger partial charge on any atom is -0.494 e. The van der Waals surface area contributed by atoms with Crippen LogP contribution in [0.2, 0.25) is 0 Å². The molecule has 1 aromatic rings. The van der Waals surface area contributed by atoms with Gasteiger partial charge in [0.25, 0.3) is 0 Å². The fourth-order valence-electron chi connectivity index (χ4n) is 2.04. The van der Waals surface area contributed by atoms with Crippen LogP contribution >= 0.6 is 15.9 Å². The maximum atomic E-state index is 10.7. The quantitative estimate of drug-likeness (QED) is 0.595. The number of hydrogen-bond acceptors (Lipinski definition) is 3. The first-order valence-corrected chi connectivity index (χ1v) is 9.87. The third-order valence-electron chi connectivity index (χ3n) is 3.14. The van der Waals surface area contributed by atoms with Gasteiger partial charge in [0, 0.05) is 4.47 Å². The molecule has 0 saturated carbocycles. The van der Waals surface area contributed by atoms with E-state index in [4.69, 9.17) is 9.88 Å². The summed E-state index contributed by atoms with van der Waals surface area (Å²) in [6.07, 6.45) is 7.17. The number of unbranched alkanes of at least 4 members (excludes halogenated alkanes) is 6. The Balaban J connectivity index is 1.91. The van der Waals surface area contributed by atoms with Crippen molar-refractivity contribution in [3.05, 3.63) is 28.7 Å². The number of hydrogen-bond donors (Lipinski definition) is 1. The highest BCUT2D eigenvalue weighted by molar-refractivity contribution is 9.10. The Morgan fingerprint density at radius 1 is 1.00 bits per heavy atom. The van der Waals surface area contributed by atoms with Gasteiger partial charge in [-0.25, -0.2) is 13.6 Å². The van der Waals surface area contributed by atoms with E-state index < -0.39 is 10.0 Å². The Morgan fingerprint density at radius 3 is 2.24 bits per heavy atom. The van der Waals surface area contributed by atoms with Gasteiger partial charge < -0.3 is 4.74 Å². The summed E-state index contributed by atoms with van der Waals surface area (Å²) < 4.78 is 28.2. The van der Waals surface area contributed by atoms with Crippen LogP contribution in [0.3, 0.4) is 0 Å². The van der Waals surface area contributed by atoms with Gasteiger partial charge in [-0.3, -0.25) is 0 Å². The van der Waals surface area contributed by atoms with E-state index >= 15 is 0 Å². The minimum absolute atomic E-state index is 0.105. The highest BCUT2D eigenvalue weighted by Crippen LogP contribution is 2.18. The van der Waals surface area contributed by atoms with E-state index in [-0.39, 0.29) is 5.75 Å². The van der Waals surface area contributed by atoms with Crippen LogP contribution in [-0.2, 0) is 10.0 Å². The topological polar surface area (TPSA) is 69.4 Å². The molecule has 0 radical (unpaired) electrons. The van der Waals surface area contributed by atoms with Crippen LogP contribution in [0.25, 0.3) is 0 Å². The van der Waals surface area contributed by atoms with Gasteiger partial charge in [0.15, 0.2) is 0 Å². The van der Waals surface area contributed by atoms with Gasteiger partial charge in [0.2, 0.25) is 10.0 Å². The molecule has 0 unspecified atom stereocenters. The first kappa shape index (κ1) is 18.5. The van der Waals surface area contributed by atoms with Crippen molar-refractivity contribution in [2.75, 3.05) is 12.4 Å². The zero-order valence-electron chi connectivity index (χ0n) is 12.3. The second-order valence-corrected chi connectivity index (χ2v) is 7.80. The molecule has 1 rings (SSSR count). The molecule has 21 heavy (non-hydrogen) atoms. The van der Waals surface area contributed by atoms with Crippen LogP contribution in [0.15, 0.2) is 28.7 Å². The number of primary sulfonamides is 1. The van der Waals surface area contributed by atoms with E-state index in [2.05, 4.69) is 15.9 Å². The molecule has 0 spiro atoms. The molecule has 0 atom stereocenters. The zero-order valence-corrected chi connectivity index (χ0v) is 14.7. The van der Waals surface area contributed by atoms with Crippen LogP contribution in [0.5, 0.6) is 5.75 Å². The molecule has 0 heterocycles. The van der Waals surface area contributed by atoms with Gasteiger partial charge in [0.05, 0.1) is 12.4 Å². The second-order valence-electron chi connectivity index (χ2n) is 5.15. The van der Waals surface area contributed by atoms with E-state index in [9.17, 15) is 8.42 Å². The molecular formula is C15H24BrNO3S. The molecular weight excluding hydrogens is 354 g/mol. The van der Waals surface area contributed by atoms with E-state index in [1.807, 2.05) is 24.3 Å². The maximum absolute atomic E-state index is 10.7. The lowest BCUT2D eigenvalue weighted by Crippen LogP contribution is -2.16. The number of benzene rings is 1. The number of ether oxygens (including phenoxy) is 1. The fraction of sp³-hybridized carbons (Fsp3) is 0.600.